The Hall–Kier alpha value is -2.65. The second-order valence-corrected chi connectivity index (χ2v) is 6.68. The molecule has 0 unspecified atom stereocenters. The van der Waals surface area contributed by atoms with E-state index in [1.54, 1.807) is 0 Å². The molecule has 0 aromatic heterocycles. The highest BCUT2D eigenvalue weighted by Crippen LogP contribution is 2.20. The lowest BCUT2D eigenvalue weighted by atomic mass is 10.0. The molecule has 0 fully saturated rings. The van der Waals surface area contributed by atoms with Crippen LogP contribution in [0.2, 0.25) is 0 Å². The minimum Gasteiger partial charge on any atom is -0.325 e. The minimum atomic E-state index is 0.0106. The molecule has 3 aromatic rings. The number of benzene rings is 3. The summed E-state index contributed by atoms with van der Waals surface area (Å²) in [4.78, 5) is 14.4. The maximum Gasteiger partial charge on any atom is 0.238 e. The van der Waals surface area contributed by atoms with Gasteiger partial charge in [-0.2, -0.15) is 0 Å². The van der Waals surface area contributed by atoms with Gasteiger partial charge in [-0.15, -0.1) is 0 Å². The molecule has 0 bridgehead atoms. The first-order valence-electron chi connectivity index (χ1n) is 8.55. The van der Waals surface area contributed by atoms with Crippen LogP contribution in [0.5, 0.6) is 0 Å². The van der Waals surface area contributed by atoms with E-state index in [1.165, 1.54) is 16.3 Å². The predicted octanol–water partition coefficient (Wildman–Crippen LogP) is 4.53. The molecule has 3 nitrogen and oxygen atoms in total. The van der Waals surface area contributed by atoms with E-state index >= 15 is 0 Å². The monoisotopic (exact) mass is 332 g/mol. The van der Waals surface area contributed by atoms with Crippen molar-refractivity contribution in [1.82, 2.24) is 4.90 Å². The highest BCUT2D eigenvalue weighted by atomic mass is 16.2. The topological polar surface area (TPSA) is 32.3 Å². The second-order valence-electron chi connectivity index (χ2n) is 6.68. The number of carbonyl (C=O) groups is 1. The number of fused-ring (bicyclic) bond motifs is 1. The van der Waals surface area contributed by atoms with E-state index in [1.807, 2.05) is 44.0 Å². The Bertz CT molecular complexity index is 896. The highest BCUT2D eigenvalue weighted by Gasteiger charge is 2.10. The van der Waals surface area contributed by atoms with Gasteiger partial charge in [0.05, 0.1) is 6.54 Å². The normalized spacial score (nSPS) is 11.0. The summed E-state index contributed by atoms with van der Waals surface area (Å²) < 4.78 is 0. The Kier molecular flexibility index (Phi) is 5.15. The number of hydrogen-bond acceptors (Lipinski definition) is 2. The van der Waals surface area contributed by atoms with Crippen molar-refractivity contribution in [3.8, 4) is 0 Å². The fourth-order valence-electron chi connectivity index (χ4n) is 3.08. The maximum absolute atomic E-state index is 12.4. The standard InChI is InChI=1S/C22H24N2O/c1-16-11-12-17(2)21(13-16)23-22(25)15-24(3)14-19-9-6-8-18-7-4-5-10-20(18)19/h4-13H,14-15H2,1-3H3,(H,23,25). The van der Waals surface area contributed by atoms with Crippen LogP contribution in [-0.2, 0) is 11.3 Å². The second kappa shape index (κ2) is 7.49. The molecule has 0 spiro atoms. The summed E-state index contributed by atoms with van der Waals surface area (Å²) in [6.07, 6.45) is 0. The molecule has 128 valence electrons. The molecule has 0 atom stereocenters. The van der Waals surface area contributed by atoms with E-state index in [-0.39, 0.29) is 5.91 Å². The molecule has 1 N–H and O–H groups in total. The molecule has 0 radical (unpaired) electrons. The molecule has 1 amide bonds. The summed E-state index contributed by atoms with van der Waals surface area (Å²) in [5, 5.41) is 5.50. The van der Waals surface area contributed by atoms with E-state index < -0.39 is 0 Å². The number of likely N-dealkylation sites (N-methyl/N-ethyl adjacent to an activating group) is 1. The van der Waals surface area contributed by atoms with Crippen molar-refractivity contribution in [2.45, 2.75) is 20.4 Å². The van der Waals surface area contributed by atoms with E-state index in [0.717, 1.165) is 23.4 Å². The van der Waals surface area contributed by atoms with Crippen LogP contribution in [-0.4, -0.2) is 24.4 Å². The first-order valence-corrected chi connectivity index (χ1v) is 8.55. The number of carbonyl (C=O) groups excluding carboxylic acids is 1. The van der Waals surface area contributed by atoms with Crippen LogP contribution >= 0.6 is 0 Å². The zero-order chi connectivity index (χ0) is 17.8. The van der Waals surface area contributed by atoms with Gasteiger partial charge in [0.15, 0.2) is 0 Å². The van der Waals surface area contributed by atoms with Gasteiger partial charge in [-0.25, -0.2) is 0 Å². The van der Waals surface area contributed by atoms with Gasteiger partial charge in [-0.3, -0.25) is 9.69 Å². The molecule has 0 aliphatic carbocycles. The lowest BCUT2D eigenvalue weighted by Gasteiger charge is -2.18. The van der Waals surface area contributed by atoms with Crippen molar-refractivity contribution >= 4 is 22.4 Å². The van der Waals surface area contributed by atoms with Gasteiger partial charge in [0.1, 0.15) is 0 Å². The summed E-state index contributed by atoms with van der Waals surface area (Å²) >= 11 is 0. The van der Waals surface area contributed by atoms with Gasteiger partial charge >= 0.3 is 0 Å². The summed E-state index contributed by atoms with van der Waals surface area (Å²) in [6.45, 7) is 5.13. The van der Waals surface area contributed by atoms with Crippen molar-refractivity contribution in [3.63, 3.8) is 0 Å². The van der Waals surface area contributed by atoms with Gasteiger partial charge in [-0.05, 0) is 54.4 Å². The van der Waals surface area contributed by atoms with Crippen LogP contribution in [0.1, 0.15) is 16.7 Å². The van der Waals surface area contributed by atoms with Gasteiger partial charge in [-0.1, -0.05) is 54.6 Å². The van der Waals surface area contributed by atoms with Crippen LogP contribution in [0.15, 0.2) is 60.7 Å². The molecule has 0 saturated carbocycles. The summed E-state index contributed by atoms with van der Waals surface area (Å²) in [5.74, 6) is 0.0106. The number of amides is 1. The molecule has 0 heterocycles. The molecule has 25 heavy (non-hydrogen) atoms. The smallest absolute Gasteiger partial charge is 0.238 e. The average Bonchev–Trinajstić information content (AvgIpc) is 2.58. The Labute approximate surface area is 149 Å². The van der Waals surface area contributed by atoms with E-state index in [0.29, 0.717) is 6.54 Å². The van der Waals surface area contributed by atoms with Crippen molar-refractivity contribution in [2.24, 2.45) is 0 Å². The van der Waals surface area contributed by atoms with Crippen LogP contribution in [0, 0.1) is 13.8 Å². The molecule has 0 saturated heterocycles. The van der Waals surface area contributed by atoms with E-state index in [2.05, 4.69) is 47.8 Å². The average molecular weight is 332 g/mol. The van der Waals surface area contributed by atoms with Gasteiger partial charge in [0.2, 0.25) is 5.91 Å². The maximum atomic E-state index is 12.4. The fraction of sp³-hybridized carbons (Fsp3) is 0.227. The zero-order valence-corrected chi connectivity index (χ0v) is 15.0. The summed E-state index contributed by atoms with van der Waals surface area (Å²) in [5.41, 5.74) is 4.35. The van der Waals surface area contributed by atoms with Crippen molar-refractivity contribution in [3.05, 3.63) is 77.4 Å². The SMILES string of the molecule is Cc1ccc(C)c(NC(=O)CN(C)Cc2cccc3ccccc23)c1. The number of rotatable bonds is 5. The van der Waals surface area contributed by atoms with Crippen LogP contribution < -0.4 is 5.32 Å². The molecule has 3 rings (SSSR count). The first kappa shape index (κ1) is 17.2. The first-order chi connectivity index (χ1) is 12.0. The third-order valence-corrected chi connectivity index (χ3v) is 4.40. The zero-order valence-electron chi connectivity index (χ0n) is 15.0. The molecule has 3 aromatic carbocycles. The number of anilines is 1. The molecule has 3 heteroatoms. The number of nitrogens with zero attached hydrogens (tertiary/aromatic N) is 1. The van der Waals surface area contributed by atoms with E-state index in [9.17, 15) is 4.79 Å². The van der Waals surface area contributed by atoms with Crippen LogP contribution in [0.25, 0.3) is 10.8 Å². The Balaban J connectivity index is 1.66. The van der Waals surface area contributed by atoms with Gasteiger partial charge in [0, 0.05) is 12.2 Å². The highest BCUT2D eigenvalue weighted by molar-refractivity contribution is 5.93. The third kappa shape index (κ3) is 4.25. The molecular formula is C22H24N2O. The third-order valence-electron chi connectivity index (χ3n) is 4.40. The predicted molar refractivity (Wildman–Crippen MR) is 105 cm³/mol. The Morgan fingerprint density at radius 2 is 1.76 bits per heavy atom. The lowest BCUT2D eigenvalue weighted by Crippen LogP contribution is -2.30. The summed E-state index contributed by atoms with van der Waals surface area (Å²) in [7, 11) is 1.98. The molecule has 0 aliphatic rings. The largest absolute Gasteiger partial charge is 0.325 e. The van der Waals surface area contributed by atoms with Gasteiger partial charge < -0.3 is 5.32 Å². The van der Waals surface area contributed by atoms with E-state index in [4.69, 9.17) is 0 Å². The number of aryl methyl sites for hydroxylation is 2. The Morgan fingerprint density at radius 1 is 1.00 bits per heavy atom. The number of nitrogens with one attached hydrogen (secondary N) is 1. The van der Waals surface area contributed by atoms with Crippen LogP contribution in [0.4, 0.5) is 5.69 Å². The molecular weight excluding hydrogens is 308 g/mol. The van der Waals surface area contributed by atoms with Crippen molar-refractivity contribution in [2.75, 3.05) is 18.9 Å². The number of hydrogen-bond donors (Lipinski definition) is 1. The van der Waals surface area contributed by atoms with Crippen molar-refractivity contribution in [1.29, 1.82) is 0 Å². The minimum absolute atomic E-state index is 0.0106. The van der Waals surface area contributed by atoms with Gasteiger partial charge in [0.25, 0.3) is 0 Å². The summed E-state index contributed by atoms with van der Waals surface area (Å²) in [6, 6.07) is 20.8. The lowest BCUT2D eigenvalue weighted by molar-refractivity contribution is -0.117. The molecule has 0 aliphatic heterocycles. The fourth-order valence-corrected chi connectivity index (χ4v) is 3.08. The quantitative estimate of drug-likeness (QED) is 0.744. The van der Waals surface area contributed by atoms with Crippen LogP contribution in [0.3, 0.4) is 0 Å². The van der Waals surface area contributed by atoms with Crippen molar-refractivity contribution < 1.29 is 4.79 Å². The Morgan fingerprint density at radius 3 is 2.60 bits per heavy atom.